The first-order chi connectivity index (χ1) is 9.06. The molecule has 5 heteroatoms. The smallest absolute Gasteiger partial charge is 0.250 e. The normalized spacial score (nSPS) is 10.3. The van der Waals surface area contributed by atoms with Gasteiger partial charge in [0.15, 0.2) is 11.6 Å². The van der Waals surface area contributed by atoms with Crippen molar-refractivity contribution in [1.29, 1.82) is 0 Å². The minimum absolute atomic E-state index is 0.0859. The van der Waals surface area contributed by atoms with Gasteiger partial charge in [0.1, 0.15) is 0 Å². The molecule has 0 aliphatic heterocycles. The lowest BCUT2D eigenvalue weighted by Crippen LogP contribution is -2.08. The molecule has 0 bridgehead atoms. The third kappa shape index (κ3) is 2.44. The number of pyridine rings is 1. The van der Waals surface area contributed by atoms with E-state index >= 15 is 0 Å². The zero-order chi connectivity index (χ0) is 14.0. The van der Waals surface area contributed by atoms with Gasteiger partial charge in [-0.3, -0.25) is 4.79 Å². The van der Waals surface area contributed by atoms with E-state index in [1.807, 2.05) is 0 Å². The summed E-state index contributed by atoms with van der Waals surface area (Å²) in [5, 5.41) is 0.465. The summed E-state index contributed by atoms with van der Waals surface area (Å²) >= 11 is 5.96. The van der Waals surface area contributed by atoms with Crippen LogP contribution in [0.3, 0.4) is 0 Å². The van der Waals surface area contributed by atoms with Crippen molar-refractivity contribution in [2.24, 2.45) is 0 Å². The first-order valence-corrected chi connectivity index (χ1v) is 5.92. The topological polar surface area (TPSA) is 39.2 Å². The minimum Gasteiger partial charge on any atom is -0.479 e. The number of carbonyl (C=O) groups excluding carboxylic acids is 1. The lowest BCUT2D eigenvalue weighted by molar-refractivity contribution is 0.103. The highest BCUT2D eigenvalue weighted by Crippen LogP contribution is 2.24. The van der Waals surface area contributed by atoms with E-state index in [1.165, 1.54) is 19.4 Å². The molecule has 2 rings (SSSR count). The fraction of sp³-hybridized carbons (Fsp3) is 0.143. The van der Waals surface area contributed by atoms with Crippen molar-refractivity contribution in [3.05, 3.63) is 58.0 Å². The molecule has 0 atom stereocenters. The Balaban J connectivity index is 2.54. The number of benzene rings is 1. The molecule has 19 heavy (non-hydrogen) atoms. The summed E-state index contributed by atoms with van der Waals surface area (Å²) in [6.45, 7) is 1.71. The number of hydrogen-bond donors (Lipinski definition) is 0. The second-order valence-electron chi connectivity index (χ2n) is 3.92. The van der Waals surface area contributed by atoms with Gasteiger partial charge in [-0.1, -0.05) is 23.7 Å². The fourth-order valence-electron chi connectivity index (χ4n) is 1.74. The number of halogens is 2. The molecule has 1 aromatic carbocycles. The first-order valence-electron chi connectivity index (χ1n) is 5.54. The number of carbonyl (C=O) groups is 1. The van der Waals surface area contributed by atoms with E-state index in [-0.39, 0.29) is 11.4 Å². The number of rotatable bonds is 3. The average molecular weight is 280 g/mol. The highest BCUT2D eigenvalue weighted by atomic mass is 35.5. The number of methoxy groups -OCH3 is 1. The molecule has 0 aliphatic rings. The molecule has 0 amide bonds. The van der Waals surface area contributed by atoms with Gasteiger partial charge in [0.25, 0.3) is 5.88 Å². The zero-order valence-corrected chi connectivity index (χ0v) is 11.2. The predicted octanol–water partition coefficient (Wildman–Crippen LogP) is 3.42. The van der Waals surface area contributed by atoms with E-state index in [9.17, 15) is 9.18 Å². The Bertz CT molecular complexity index is 643. The zero-order valence-electron chi connectivity index (χ0n) is 10.4. The monoisotopic (exact) mass is 279 g/mol. The number of ether oxygens (including phenoxy) is 1. The number of aromatic nitrogens is 1. The van der Waals surface area contributed by atoms with E-state index in [1.54, 1.807) is 25.1 Å². The van der Waals surface area contributed by atoms with Crippen molar-refractivity contribution in [2.45, 2.75) is 6.92 Å². The average Bonchev–Trinajstić information content (AvgIpc) is 2.41. The van der Waals surface area contributed by atoms with Crippen LogP contribution in [-0.2, 0) is 0 Å². The maximum Gasteiger partial charge on any atom is 0.250 e. The number of hydrogen-bond acceptors (Lipinski definition) is 3. The predicted molar refractivity (Wildman–Crippen MR) is 70.4 cm³/mol. The highest BCUT2D eigenvalue weighted by Gasteiger charge is 2.20. The lowest BCUT2D eigenvalue weighted by atomic mass is 9.99. The largest absolute Gasteiger partial charge is 0.479 e. The second-order valence-corrected chi connectivity index (χ2v) is 4.33. The van der Waals surface area contributed by atoms with Gasteiger partial charge in [0.2, 0.25) is 0 Å². The Kier molecular flexibility index (Phi) is 3.81. The number of nitrogens with zero attached hydrogens (tertiary/aromatic N) is 1. The molecule has 2 aromatic rings. The summed E-state index contributed by atoms with van der Waals surface area (Å²) in [7, 11) is 1.30. The Morgan fingerprint density at radius 2 is 2.05 bits per heavy atom. The van der Waals surface area contributed by atoms with Gasteiger partial charge >= 0.3 is 0 Å². The van der Waals surface area contributed by atoms with Crippen molar-refractivity contribution >= 4 is 17.4 Å². The molecular weight excluding hydrogens is 269 g/mol. The molecule has 0 saturated carbocycles. The summed E-state index contributed by atoms with van der Waals surface area (Å²) in [6.07, 6.45) is 1.33. The SMILES string of the molecule is COc1nccc(C(=O)c2cccc(Cl)c2C)c1F. The van der Waals surface area contributed by atoms with Crippen molar-refractivity contribution in [1.82, 2.24) is 4.98 Å². The van der Waals surface area contributed by atoms with Crippen LogP contribution in [0.5, 0.6) is 5.88 Å². The molecule has 3 nitrogen and oxygen atoms in total. The van der Waals surface area contributed by atoms with Crippen LogP contribution in [0.1, 0.15) is 21.5 Å². The van der Waals surface area contributed by atoms with Gasteiger partial charge in [-0.25, -0.2) is 9.37 Å². The van der Waals surface area contributed by atoms with Crippen LogP contribution in [0.15, 0.2) is 30.5 Å². The van der Waals surface area contributed by atoms with Crippen LogP contribution in [0.4, 0.5) is 4.39 Å². The van der Waals surface area contributed by atoms with E-state index in [0.717, 1.165) is 0 Å². The summed E-state index contributed by atoms with van der Waals surface area (Å²) < 4.78 is 18.8. The van der Waals surface area contributed by atoms with Crippen LogP contribution in [0.2, 0.25) is 5.02 Å². The first kappa shape index (κ1) is 13.5. The third-order valence-electron chi connectivity index (χ3n) is 2.81. The Labute approximate surface area is 115 Å². The third-order valence-corrected chi connectivity index (χ3v) is 3.22. The molecule has 1 aromatic heterocycles. The van der Waals surface area contributed by atoms with Crippen LogP contribution in [0.25, 0.3) is 0 Å². The minimum atomic E-state index is -0.769. The summed E-state index contributed by atoms with van der Waals surface area (Å²) in [4.78, 5) is 16.0. The Morgan fingerprint density at radius 1 is 1.32 bits per heavy atom. The van der Waals surface area contributed by atoms with Crippen molar-refractivity contribution in [3.63, 3.8) is 0 Å². The van der Waals surface area contributed by atoms with E-state index in [2.05, 4.69) is 4.98 Å². The molecule has 0 unspecified atom stereocenters. The van der Waals surface area contributed by atoms with Crippen molar-refractivity contribution in [2.75, 3.05) is 7.11 Å². The highest BCUT2D eigenvalue weighted by molar-refractivity contribution is 6.32. The van der Waals surface area contributed by atoms with E-state index in [0.29, 0.717) is 16.1 Å². The molecule has 1 heterocycles. The van der Waals surface area contributed by atoms with Crippen molar-refractivity contribution in [3.8, 4) is 5.88 Å². The summed E-state index contributed by atoms with van der Waals surface area (Å²) in [5.41, 5.74) is 0.890. The molecule has 98 valence electrons. The molecule has 0 aliphatic carbocycles. The lowest BCUT2D eigenvalue weighted by Gasteiger charge is -2.08. The van der Waals surface area contributed by atoms with Crippen molar-refractivity contribution < 1.29 is 13.9 Å². The molecule has 0 saturated heterocycles. The van der Waals surface area contributed by atoms with Gasteiger partial charge in [-0.15, -0.1) is 0 Å². The summed E-state index contributed by atoms with van der Waals surface area (Å²) in [5.74, 6) is -1.42. The fourth-order valence-corrected chi connectivity index (χ4v) is 1.92. The van der Waals surface area contributed by atoms with E-state index in [4.69, 9.17) is 16.3 Å². The molecule has 0 radical (unpaired) electrons. The van der Waals surface area contributed by atoms with Crippen LogP contribution in [0, 0.1) is 12.7 Å². The van der Waals surface area contributed by atoms with Crippen LogP contribution >= 0.6 is 11.6 Å². The van der Waals surface area contributed by atoms with E-state index < -0.39 is 11.6 Å². The van der Waals surface area contributed by atoms with Gasteiger partial charge < -0.3 is 4.74 Å². The van der Waals surface area contributed by atoms with Gasteiger partial charge in [0.05, 0.1) is 12.7 Å². The maximum absolute atomic E-state index is 14.0. The van der Waals surface area contributed by atoms with Gasteiger partial charge in [-0.2, -0.15) is 0 Å². The summed E-state index contributed by atoms with van der Waals surface area (Å²) in [6, 6.07) is 6.26. The second kappa shape index (κ2) is 5.36. The van der Waals surface area contributed by atoms with Crippen LogP contribution in [-0.4, -0.2) is 17.9 Å². The molecule has 0 fully saturated rings. The molecular formula is C14H11ClFNO2. The molecule has 0 spiro atoms. The Morgan fingerprint density at radius 3 is 2.74 bits per heavy atom. The Hall–Kier alpha value is -1.94. The van der Waals surface area contributed by atoms with Crippen LogP contribution < -0.4 is 4.74 Å². The van der Waals surface area contributed by atoms with Gasteiger partial charge in [0, 0.05) is 16.8 Å². The maximum atomic E-state index is 14.0. The quantitative estimate of drug-likeness (QED) is 0.808. The molecule has 0 N–H and O–H groups in total. The standard InChI is InChI=1S/C14H11ClFNO2/c1-8-9(4-3-5-11(8)15)13(18)10-6-7-17-14(19-2)12(10)16/h3-7H,1-2H3. The number of ketones is 1. The van der Waals surface area contributed by atoms with Gasteiger partial charge in [-0.05, 0) is 24.6 Å².